The highest BCUT2D eigenvalue weighted by atomic mass is 16.6. The molecule has 2 heterocycles. The van der Waals surface area contributed by atoms with Crippen LogP contribution in [0.15, 0.2) is 30.5 Å². The second-order valence-electron chi connectivity index (χ2n) is 6.50. The summed E-state index contributed by atoms with van der Waals surface area (Å²) in [6.07, 6.45) is 4.87. The molecule has 27 heavy (non-hydrogen) atoms. The van der Waals surface area contributed by atoms with Gasteiger partial charge in [-0.1, -0.05) is 0 Å². The maximum absolute atomic E-state index is 11.6. The lowest BCUT2D eigenvalue weighted by atomic mass is 10.0. The molecule has 0 radical (unpaired) electrons. The summed E-state index contributed by atoms with van der Waals surface area (Å²) in [6, 6.07) is 6.33. The Kier molecular flexibility index (Phi) is 6.08. The number of nitrogen functional groups attached to an aromatic ring is 1. The molecule has 2 aromatic rings. The quantitative estimate of drug-likeness (QED) is 0.431. The van der Waals surface area contributed by atoms with Gasteiger partial charge in [0.1, 0.15) is 5.82 Å². The molecule has 1 saturated heterocycles. The van der Waals surface area contributed by atoms with Crippen molar-refractivity contribution in [1.29, 1.82) is 0 Å². The van der Waals surface area contributed by atoms with Crippen molar-refractivity contribution in [2.75, 3.05) is 39.1 Å². The lowest BCUT2D eigenvalue weighted by Crippen LogP contribution is -2.21. The molecule has 0 amide bonds. The monoisotopic (exact) mass is 372 g/mol. The van der Waals surface area contributed by atoms with E-state index in [1.807, 2.05) is 0 Å². The van der Waals surface area contributed by atoms with E-state index in [0.717, 1.165) is 26.1 Å². The summed E-state index contributed by atoms with van der Waals surface area (Å²) >= 11 is 0. The Morgan fingerprint density at radius 1 is 1.26 bits per heavy atom. The van der Waals surface area contributed by atoms with Gasteiger partial charge >= 0.3 is 0 Å². The van der Waals surface area contributed by atoms with E-state index in [1.165, 1.54) is 32.2 Å². The SMILES string of the molecule is COc1cc(-c2ccc(N)nc2)c([N+](=O)[O-])cc1OCCCN1CCCC1. The third-order valence-electron chi connectivity index (χ3n) is 4.65. The molecule has 1 fully saturated rings. The molecule has 0 spiro atoms. The van der Waals surface area contributed by atoms with Crippen LogP contribution in [0.5, 0.6) is 11.5 Å². The fourth-order valence-electron chi connectivity index (χ4n) is 3.24. The van der Waals surface area contributed by atoms with Crippen molar-refractivity contribution in [1.82, 2.24) is 9.88 Å². The molecule has 144 valence electrons. The van der Waals surface area contributed by atoms with Crippen LogP contribution < -0.4 is 15.2 Å². The molecule has 3 rings (SSSR count). The Labute approximate surface area is 158 Å². The van der Waals surface area contributed by atoms with E-state index in [4.69, 9.17) is 15.2 Å². The van der Waals surface area contributed by atoms with E-state index in [0.29, 0.717) is 35.1 Å². The van der Waals surface area contributed by atoms with Gasteiger partial charge in [0.2, 0.25) is 0 Å². The Balaban J connectivity index is 1.78. The molecule has 0 saturated carbocycles. The van der Waals surface area contributed by atoms with Crippen LogP contribution in [-0.4, -0.2) is 48.2 Å². The van der Waals surface area contributed by atoms with Gasteiger partial charge in [-0.05, 0) is 50.6 Å². The Bertz CT molecular complexity index is 789. The summed E-state index contributed by atoms with van der Waals surface area (Å²) in [7, 11) is 1.52. The molecule has 0 atom stereocenters. The van der Waals surface area contributed by atoms with Crippen LogP contribution in [-0.2, 0) is 0 Å². The van der Waals surface area contributed by atoms with Gasteiger partial charge < -0.3 is 20.1 Å². The van der Waals surface area contributed by atoms with Crippen molar-refractivity contribution < 1.29 is 14.4 Å². The predicted molar refractivity (Wildman–Crippen MR) is 103 cm³/mol. The van der Waals surface area contributed by atoms with Crippen LogP contribution in [0, 0.1) is 10.1 Å². The number of nitrogens with two attached hydrogens (primary N) is 1. The average molecular weight is 372 g/mol. The van der Waals surface area contributed by atoms with Crippen LogP contribution in [0.2, 0.25) is 0 Å². The van der Waals surface area contributed by atoms with Crippen molar-refractivity contribution in [2.45, 2.75) is 19.3 Å². The third-order valence-corrected chi connectivity index (χ3v) is 4.65. The van der Waals surface area contributed by atoms with Gasteiger partial charge in [0.25, 0.3) is 5.69 Å². The molecule has 2 N–H and O–H groups in total. The van der Waals surface area contributed by atoms with E-state index in [1.54, 1.807) is 18.2 Å². The van der Waals surface area contributed by atoms with E-state index < -0.39 is 4.92 Å². The van der Waals surface area contributed by atoms with Gasteiger partial charge in [0.05, 0.1) is 30.3 Å². The van der Waals surface area contributed by atoms with Gasteiger partial charge in [-0.3, -0.25) is 10.1 Å². The van der Waals surface area contributed by atoms with Gasteiger partial charge in [-0.2, -0.15) is 0 Å². The van der Waals surface area contributed by atoms with Crippen molar-refractivity contribution in [3.63, 3.8) is 0 Å². The highest BCUT2D eigenvalue weighted by Gasteiger charge is 2.21. The molecule has 1 aliphatic heterocycles. The molecule has 0 aliphatic carbocycles. The normalized spacial score (nSPS) is 14.3. The maximum Gasteiger partial charge on any atom is 0.281 e. The Hall–Kier alpha value is -2.87. The predicted octanol–water partition coefficient (Wildman–Crippen LogP) is 3.11. The molecular formula is C19H24N4O4. The highest BCUT2D eigenvalue weighted by Crippen LogP contribution is 2.40. The molecule has 1 aromatic carbocycles. The zero-order valence-corrected chi connectivity index (χ0v) is 15.4. The molecule has 1 aromatic heterocycles. The number of aromatic nitrogens is 1. The van der Waals surface area contributed by atoms with Crippen molar-refractivity contribution >= 4 is 11.5 Å². The van der Waals surface area contributed by atoms with E-state index in [9.17, 15) is 10.1 Å². The number of anilines is 1. The molecule has 8 nitrogen and oxygen atoms in total. The van der Waals surface area contributed by atoms with Gasteiger partial charge in [0, 0.05) is 18.3 Å². The first kappa shape index (κ1) is 18.9. The number of hydrogen-bond donors (Lipinski definition) is 1. The second kappa shape index (κ2) is 8.68. The number of nitrogens with zero attached hydrogens (tertiary/aromatic N) is 3. The fourth-order valence-corrected chi connectivity index (χ4v) is 3.24. The smallest absolute Gasteiger partial charge is 0.281 e. The number of benzene rings is 1. The van der Waals surface area contributed by atoms with Crippen LogP contribution in [0.1, 0.15) is 19.3 Å². The van der Waals surface area contributed by atoms with Crippen LogP contribution >= 0.6 is 0 Å². The van der Waals surface area contributed by atoms with Gasteiger partial charge in [-0.25, -0.2) is 4.98 Å². The Morgan fingerprint density at radius 2 is 2.04 bits per heavy atom. The summed E-state index contributed by atoms with van der Waals surface area (Å²) in [5.74, 6) is 1.18. The summed E-state index contributed by atoms with van der Waals surface area (Å²) in [5.41, 5.74) is 6.55. The van der Waals surface area contributed by atoms with E-state index in [-0.39, 0.29) is 5.69 Å². The van der Waals surface area contributed by atoms with Gasteiger partial charge in [0.15, 0.2) is 11.5 Å². The number of hydrogen-bond acceptors (Lipinski definition) is 7. The van der Waals surface area contributed by atoms with Crippen LogP contribution in [0.4, 0.5) is 11.5 Å². The standard InChI is InChI=1S/C19H24N4O4/c1-26-17-11-15(14-5-6-19(20)21-13-14)16(23(24)25)12-18(17)27-10-4-9-22-7-2-3-8-22/h5-6,11-13H,2-4,7-10H2,1H3,(H2,20,21). The topological polar surface area (TPSA) is 104 Å². The second-order valence-corrected chi connectivity index (χ2v) is 6.50. The number of methoxy groups -OCH3 is 1. The van der Waals surface area contributed by atoms with Crippen molar-refractivity contribution in [2.24, 2.45) is 0 Å². The maximum atomic E-state index is 11.6. The summed E-state index contributed by atoms with van der Waals surface area (Å²) < 4.78 is 11.2. The highest BCUT2D eigenvalue weighted by molar-refractivity contribution is 5.77. The average Bonchev–Trinajstić information content (AvgIpc) is 3.19. The molecular weight excluding hydrogens is 348 g/mol. The minimum absolute atomic E-state index is 0.0584. The van der Waals surface area contributed by atoms with Gasteiger partial charge in [-0.15, -0.1) is 0 Å². The largest absolute Gasteiger partial charge is 0.493 e. The molecule has 0 unspecified atom stereocenters. The minimum Gasteiger partial charge on any atom is -0.493 e. The zero-order valence-electron chi connectivity index (χ0n) is 15.4. The summed E-state index contributed by atoms with van der Waals surface area (Å²) in [5, 5.41) is 11.6. The fraction of sp³-hybridized carbons (Fsp3) is 0.421. The number of ether oxygens (including phenoxy) is 2. The number of rotatable bonds is 8. The van der Waals surface area contributed by atoms with Crippen molar-refractivity contribution in [3.8, 4) is 22.6 Å². The first-order valence-electron chi connectivity index (χ1n) is 9.02. The van der Waals surface area contributed by atoms with Crippen LogP contribution in [0.3, 0.4) is 0 Å². The van der Waals surface area contributed by atoms with Crippen molar-refractivity contribution in [3.05, 3.63) is 40.6 Å². The number of nitro groups is 1. The minimum atomic E-state index is -0.428. The molecule has 1 aliphatic rings. The van der Waals surface area contributed by atoms with E-state index in [2.05, 4.69) is 9.88 Å². The zero-order chi connectivity index (χ0) is 19.2. The summed E-state index contributed by atoms with van der Waals surface area (Å²) in [6.45, 7) is 3.73. The molecule has 8 heteroatoms. The number of pyridine rings is 1. The first-order chi connectivity index (χ1) is 13.1. The number of nitro benzene ring substituents is 1. The first-order valence-corrected chi connectivity index (χ1v) is 9.02. The lowest BCUT2D eigenvalue weighted by Gasteiger charge is -2.16. The summed E-state index contributed by atoms with van der Waals surface area (Å²) in [4.78, 5) is 17.6. The van der Waals surface area contributed by atoms with Crippen LogP contribution in [0.25, 0.3) is 11.1 Å². The lowest BCUT2D eigenvalue weighted by molar-refractivity contribution is -0.384. The molecule has 0 bridgehead atoms. The Morgan fingerprint density at radius 3 is 2.67 bits per heavy atom. The third kappa shape index (κ3) is 4.65. The number of likely N-dealkylation sites (tertiary alicyclic amines) is 1. The van der Waals surface area contributed by atoms with E-state index >= 15 is 0 Å².